The summed E-state index contributed by atoms with van der Waals surface area (Å²) < 4.78 is 25.7. The Morgan fingerprint density at radius 1 is 1.50 bits per heavy atom. The van der Waals surface area contributed by atoms with E-state index in [2.05, 4.69) is 20.9 Å². The molecule has 1 fully saturated rings. The Morgan fingerprint density at radius 3 is 2.80 bits per heavy atom. The molecule has 106 valence electrons. The van der Waals surface area contributed by atoms with Gasteiger partial charge in [0.05, 0.1) is 3.79 Å². The van der Waals surface area contributed by atoms with Crippen LogP contribution < -0.4 is 0 Å². The SMILES string of the molecule is O=C(O)C1(Sc2ccnc3sc(Br)cc23)CC(F)(F)C1. The predicted molar refractivity (Wildman–Crippen MR) is 77.7 cm³/mol. The quantitative estimate of drug-likeness (QED) is 0.858. The van der Waals surface area contributed by atoms with Gasteiger partial charge in [0.2, 0.25) is 0 Å². The van der Waals surface area contributed by atoms with Crippen LogP contribution in [0.1, 0.15) is 12.8 Å². The number of thioether (sulfide) groups is 1. The number of halogens is 3. The molecule has 0 spiro atoms. The fourth-order valence-corrected chi connectivity index (χ4v) is 5.21. The summed E-state index contributed by atoms with van der Waals surface area (Å²) in [5.41, 5.74) is 0. The average molecular weight is 380 g/mol. The van der Waals surface area contributed by atoms with Crippen molar-refractivity contribution in [2.24, 2.45) is 0 Å². The lowest BCUT2D eigenvalue weighted by Gasteiger charge is -2.43. The first-order chi connectivity index (χ1) is 9.31. The summed E-state index contributed by atoms with van der Waals surface area (Å²) >= 11 is 5.77. The molecule has 3 rings (SSSR count). The van der Waals surface area contributed by atoms with E-state index in [4.69, 9.17) is 0 Å². The molecule has 3 nitrogen and oxygen atoms in total. The number of alkyl halides is 2. The van der Waals surface area contributed by atoms with E-state index in [0.29, 0.717) is 4.90 Å². The van der Waals surface area contributed by atoms with E-state index >= 15 is 0 Å². The third kappa shape index (κ3) is 2.33. The van der Waals surface area contributed by atoms with Crippen molar-refractivity contribution in [1.29, 1.82) is 0 Å². The van der Waals surface area contributed by atoms with Crippen LogP contribution in [0.15, 0.2) is 27.0 Å². The highest BCUT2D eigenvalue weighted by Gasteiger charge is 2.62. The number of thiophene rings is 1. The van der Waals surface area contributed by atoms with Gasteiger partial charge in [0, 0.05) is 29.3 Å². The molecule has 1 saturated carbocycles. The molecule has 1 aliphatic carbocycles. The molecule has 2 heterocycles. The predicted octanol–water partition coefficient (Wildman–Crippen LogP) is 4.40. The van der Waals surface area contributed by atoms with Crippen molar-refractivity contribution in [2.75, 3.05) is 0 Å². The summed E-state index contributed by atoms with van der Waals surface area (Å²) in [7, 11) is 0. The Balaban J connectivity index is 1.98. The van der Waals surface area contributed by atoms with Crippen LogP contribution in [-0.4, -0.2) is 26.7 Å². The minimum atomic E-state index is -2.88. The third-order valence-electron chi connectivity index (χ3n) is 3.15. The summed E-state index contributed by atoms with van der Waals surface area (Å²) in [5.74, 6) is -4.07. The molecule has 0 radical (unpaired) electrons. The molecule has 0 bridgehead atoms. The fourth-order valence-electron chi connectivity index (χ4n) is 2.24. The summed E-state index contributed by atoms with van der Waals surface area (Å²) in [6, 6.07) is 3.51. The van der Waals surface area contributed by atoms with Crippen LogP contribution in [0.4, 0.5) is 8.78 Å². The summed E-state index contributed by atoms with van der Waals surface area (Å²) in [6.45, 7) is 0. The standard InChI is InChI=1S/C12H8BrF2NO2S2/c13-8-3-6-7(1-2-16-9(6)19-8)20-11(10(17)18)4-12(14,15)5-11/h1-3H,4-5H2,(H,17,18). The summed E-state index contributed by atoms with van der Waals surface area (Å²) in [5, 5.41) is 10.1. The molecular formula is C12H8BrF2NO2S2. The van der Waals surface area contributed by atoms with Gasteiger partial charge in [0.15, 0.2) is 0 Å². The van der Waals surface area contributed by atoms with E-state index in [1.165, 1.54) is 11.3 Å². The van der Waals surface area contributed by atoms with Crippen molar-refractivity contribution in [2.45, 2.75) is 28.4 Å². The maximum absolute atomic E-state index is 13.1. The topological polar surface area (TPSA) is 50.2 Å². The molecule has 0 amide bonds. The van der Waals surface area contributed by atoms with E-state index in [1.54, 1.807) is 12.3 Å². The van der Waals surface area contributed by atoms with Gasteiger partial charge in [0.1, 0.15) is 9.58 Å². The lowest BCUT2D eigenvalue weighted by molar-refractivity contribution is -0.159. The van der Waals surface area contributed by atoms with Gasteiger partial charge in [-0.1, -0.05) is 0 Å². The number of nitrogens with zero attached hydrogens (tertiary/aromatic N) is 1. The Bertz CT molecular complexity index is 696. The highest BCUT2D eigenvalue weighted by Crippen LogP contribution is 2.56. The molecule has 0 unspecified atom stereocenters. The fraction of sp³-hybridized carbons (Fsp3) is 0.333. The molecule has 0 atom stereocenters. The Hall–Kier alpha value is -0.730. The second kappa shape index (κ2) is 4.64. The molecule has 0 aliphatic heterocycles. The minimum absolute atomic E-state index is 0.630. The van der Waals surface area contributed by atoms with Crippen molar-refractivity contribution < 1.29 is 18.7 Å². The molecule has 0 saturated heterocycles. The Labute approximate surface area is 129 Å². The molecule has 1 N–H and O–H groups in total. The molecule has 2 aromatic rings. The van der Waals surface area contributed by atoms with Crippen LogP contribution >= 0.6 is 39.0 Å². The van der Waals surface area contributed by atoms with Crippen LogP contribution in [-0.2, 0) is 4.79 Å². The largest absolute Gasteiger partial charge is 0.480 e. The zero-order chi connectivity index (χ0) is 14.5. The number of aliphatic carboxylic acids is 1. The normalized spacial score (nSPS) is 19.8. The zero-order valence-electron chi connectivity index (χ0n) is 9.90. The lowest BCUT2D eigenvalue weighted by Crippen LogP contribution is -2.54. The number of pyridine rings is 1. The van der Waals surface area contributed by atoms with Crippen molar-refractivity contribution in [3.05, 3.63) is 22.1 Å². The summed E-state index contributed by atoms with van der Waals surface area (Å²) in [4.78, 5) is 17.0. The van der Waals surface area contributed by atoms with Gasteiger partial charge in [-0.15, -0.1) is 23.1 Å². The van der Waals surface area contributed by atoms with Gasteiger partial charge in [-0.2, -0.15) is 0 Å². The van der Waals surface area contributed by atoms with Crippen LogP contribution in [0.25, 0.3) is 10.2 Å². The van der Waals surface area contributed by atoms with Crippen molar-refractivity contribution >= 4 is 55.2 Å². The van der Waals surface area contributed by atoms with Crippen molar-refractivity contribution in [1.82, 2.24) is 4.98 Å². The summed E-state index contributed by atoms with van der Waals surface area (Å²) in [6.07, 6.45) is 0.310. The van der Waals surface area contributed by atoms with E-state index in [0.717, 1.165) is 25.8 Å². The number of rotatable bonds is 3. The maximum Gasteiger partial charge on any atom is 0.320 e. The van der Waals surface area contributed by atoms with Gasteiger partial charge in [-0.05, 0) is 28.1 Å². The van der Waals surface area contributed by atoms with Gasteiger partial charge < -0.3 is 5.11 Å². The van der Waals surface area contributed by atoms with Gasteiger partial charge in [0.25, 0.3) is 5.92 Å². The Kier molecular flexibility index (Phi) is 3.30. The van der Waals surface area contributed by atoms with Crippen LogP contribution in [0.5, 0.6) is 0 Å². The number of carboxylic acids is 1. The van der Waals surface area contributed by atoms with E-state index in [-0.39, 0.29) is 0 Å². The number of aromatic nitrogens is 1. The molecule has 0 aromatic carbocycles. The second-order valence-electron chi connectivity index (χ2n) is 4.69. The first-order valence-electron chi connectivity index (χ1n) is 5.66. The zero-order valence-corrected chi connectivity index (χ0v) is 13.1. The van der Waals surface area contributed by atoms with Gasteiger partial charge in [-0.25, -0.2) is 13.8 Å². The maximum atomic E-state index is 13.1. The average Bonchev–Trinajstić information content (AvgIpc) is 2.67. The van der Waals surface area contributed by atoms with Gasteiger partial charge in [-0.3, -0.25) is 4.79 Å². The first kappa shape index (κ1) is 14.2. The number of carbonyl (C=O) groups is 1. The highest BCUT2D eigenvalue weighted by molar-refractivity contribution is 9.11. The molecule has 1 aliphatic rings. The van der Waals surface area contributed by atoms with Crippen molar-refractivity contribution in [3.8, 4) is 0 Å². The highest BCUT2D eigenvalue weighted by atomic mass is 79.9. The monoisotopic (exact) mass is 379 g/mol. The van der Waals surface area contributed by atoms with Gasteiger partial charge >= 0.3 is 5.97 Å². The minimum Gasteiger partial charge on any atom is -0.480 e. The molecule has 8 heteroatoms. The number of carboxylic acid groups (broad SMARTS) is 1. The molecular weight excluding hydrogens is 372 g/mol. The Morgan fingerprint density at radius 2 is 2.20 bits per heavy atom. The molecule has 20 heavy (non-hydrogen) atoms. The first-order valence-corrected chi connectivity index (χ1v) is 8.08. The number of hydrogen-bond donors (Lipinski definition) is 1. The lowest BCUT2D eigenvalue weighted by atomic mass is 9.80. The van der Waals surface area contributed by atoms with E-state index in [9.17, 15) is 18.7 Å². The van der Waals surface area contributed by atoms with Crippen molar-refractivity contribution in [3.63, 3.8) is 0 Å². The third-order valence-corrected chi connectivity index (χ3v) is 6.13. The van der Waals surface area contributed by atoms with E-state index < -0.39 is 29.5 Å². The number of hydrogen-bond acceptors (Lipinski definition) is 4. The second-order valence-corrected chi connectivity index (χ2v) is 8.52. The van der Waals surface area contributed by atoms with Crippen LogP contribution in [0, 0.1) is 0 Å². The smallest absolute Gasteiger partial charge is 0.320 e. The van der Waals surface area contributed by atoms with E-state index in [1.807, 2.05) is 6.07 Å². The molecule has 2 aromatic heterocycles. The number of fused-ring (bicyclic) bond motifs is 1. The van der Waals surface area contributed by atoms with Crippen LogP contribution in [0.2, 0.25) is 0 Å². The van der Waals surface area contributed by atoms with Crippen LogP contribution in [0.3, 0.4) is 0 Å².